The van der Waals surface area contributed by atoms with Crippen LogP contribution < -0.4 is 10.1 Å². The van der Waals surface area contributed by atoms with E-state index >= 15 is 0 Å². The van der Waals surface area contributed by atoms with Crippen LogP contribution in [0.2, 0.25) is 0 Å². The number of hydrogen-bond acceptors (Lipinski definition) is 3. The molecule has 20 heavy (non-hydrogen) atoms. The molecule has 2 unspecified atom stereocenters. The van der Waals surface area contributed by atoms with Crippen LogP contribution in [0.5, 0.6) is 5.75 Å². The molecule has 1 aliphatic rings. The monoisotopic (exact) mass is 276 g/mol. The van der Waals surface area contributed by atoms with Gasteiger partial charge in [-0.15, -0.1) is 0 Å². The van der Waals surface area contributed by atoms with Crippen LogP contribution in [0.1, 0.15) is 31.9 Å². The Bertz CT molecular complexity index is 456. The first-order valence-electron chi connectivity index (χ1n) is 7.32. The highest BCUT2D eigenvalue weighted by Crippen LogP contribution is 2.26. The molecule has 1 aliphatic heterocycles. The molecule has 1 N–H and O–H groups in total. The van der Waals surface area contributed by atoms with Crippen molar-refractivity contribution in [2.75, 3.05) is 26.7 Å². The van der Waals surface area contributed by atoms with E-state index in [1.54, 1.807) is 7.11 Å². The molecule has 0 saturated carbocycles. The Labute approximate surface area is 121 Å². The van der Waals surface area contributed by atoms with Gasteiger partial charge in [0.15, 0.2) is 0 Å². The number of carbonyl (C=O) groups excluding carboxylic acids is 1. The van der Waals surface area contributed by atoms with Crippen LogP contribution in [0.3, 0.4) is 0 Å². The van der Waals surface area contributed by atoms with Gasteiger partial charge in [-0.2, -0.15) is 0 Å². The van der Waals surface area contributed by atoms with E-state index in [-0.39, 0.29) is 17.9 Å². The molecule has 0 bridgehead atoms. The van der Waals surface area contributed by atoms with Crippen LogP contribution in [0, 0.1) is 5.92 Å². The Morgan fingerprint density at radius 2 is 2.35 bits per heavy atom. The Kier molecular flexibility index (Phi) is 5.01. The third-order valence-electron chi connectivity index (χ3n) is 4.08. The standard InChI is InChI=1S/C16H24N2O2/c1-4-18(16(19)14-8-9-17-11-14)12(2)13-6-5-7-15(10-13)20-3/h5-7,10,12,14,17H,4,8-9,11H2,1-3H3. The molecule has 0 radical (unpaired) electrons. The number of rotatable bonds is 5. The van der Waals surface area contributed by atoms with Crippen LogP contribution in [0.15, 0.2) is 24.3 Å². The third kappa shape index (κ3) is 3.12. The van der Waals surface area contributed by atoms with Crippen molar-refractivity contribution >= 4 is 5.91 Å². The van der Waals surface area contributed by atoms with E-state index in [0.29, 0.717) is 0 Å². The van der Waals surface area contributed by atoms with Crippen LogP contribution in [-0.2, 0) is 4.79 Å². The molecule has 1 fully saturated rings. The van der Waals surface area contributed by atoms with Crippen molar-refractivity contribution in [1.29, 1.82) is 0 Å². The second-order valence-corrected chi connectivity index (χ2v) is 5.27. The van der Waals surface area contributed by atoms with Crippen LogP contribution in [0.25, 0.3) is 0 Å². The molecule has 1 aromatic carbocycles. The lowest BCUT2D eigenvalue weighted by atomic mass is 10.0. The lowest BCUT2D eigenvalue weighted by Crippen LogP contribution is -2.38. The molecule has 110 valence electrons. The second-order valence-electron chi connectivity index (χ2n) is 5.27. The van der Waals surface area contributed by atoms with E-state index in [9.17, 15) is 4.79 Å². The fourth-order valence-electron chi connectivity index (χ4n) is 2.80. The maximum atomic E-state index is 12.6. The fourth-order valence-corrected chi connectivity index (χ4v) is 2.80. The first-order valence-corrected chi connectivity index (χ1v) is 7.32. The van der Waals surface area contributed by atoms with Crippen LogP contribution in [-0.4, -0.2) is 37.6 Å². The number of carbonyl (C=O) groups is 1. The molecular formula is C16H24N2O2. The lowest BCUT2D eigenvalue weighted by Gasteiger charge is -2.30. The van der Waals surface area contributed by atoms with E-state index < -0.39 is 0 Å². The van der Waals surface area contributed by atoms with Crippen molar-refractivity contribution in [3.63, 3.8) is 0 Å². The van der Waals surface area contributed by atoms with Gasteiger partial charge in [0.25, 0.3) is 0 Å². The Balaban J connectivity index is 2.14. The molecule has 4 heteroatoms. The van der Waals surface area contributed by atoms with Gasteiger partial charge in [-0.3, -0.25) is 4.79 Å². The molecule has 1 heterocycles. The third-order valence-corrected chi connectivity index (χ3v) is 4.08. The summed E-state index contributed by atoms with van der Waals surface area (Å²) in [7, 11) is 1.66. The summed E-state index contributed by atoms with van der Waals surface area (Å²) in [5, 5.41) is 3.26. The van der Waals surface area contributed by atoms with E-state index in [0.717, 1.165) is 37.4 Å². The summed E-state index contributed by atoms with van der Waals surface area (Å²) in [4.78, 5) is 14.6. The maximum absolute atomic E-state index is 12.6. The first-order chi connectivity index (χ1) is 9.67. The molecule has 2 atom stereocenters. The van der Waals surface area contributed by atoms with Crippen molar-refractivity contribution in [3.05, 3.63) is 29.8 Å². The number of ether oxygens (including phenoxy) is 1. The van der Waals surface area contributed by atoms with Gasteiger partial charge >= 0.3 is 0 Å². The van der Waals surface area contributed by atoms with Crippen molar-refractivity contribution in [1.82, 2.24) is 10.2 Å². The number of amides is 1. The highest BCUT2D eigenvalue weighted by Gasteiger charge is 2.29. The molecular weight excluding hydrogens is 252 g/mol. The van der Waals surface area contributed by atoms with Crippen molar-refractivity contribution in [2.24, 2.45) is 5.92 Å². The number of benzene rings is 1. The summed E-state index contributed by atoms with van der Waals surface area (Å²) in [6.07, 6.45) is 0.945. The summed E-state index contributed by atoms with van der Waals surface area (Å²) in [6, 6.07) is 8.03. The number of hydrogen-bond donors (Lipinski definition) is 1. The molecule has 0 spiro atoms. The van der Waals surface area contributed by atoms with Gasteiger partial charge in [0.2, 0.25) is 5.91 Å². The van der Waals surface area contributed by atoms with Gasteiger partial charge in [0.05, 0.1) is 19.1 Å². The molecule has 4 nitrogen and oxygen atoms in total. The van der Waals surface area contributed by atoms with Gasteiger partial charge in [-0.1, -0.05) is 12.1 Å². The minimum absolute atomic E-state index is 0.0724. The molecule has 1 saturated heterocycles. The van der Waals surface area contributed by atoms with Gasteiger partial charge in [0.1, 0.15) is 5.75 Å². The molecule has 0 aliphatic carbocycles. The zero-order chi connectivity index (χ0) is 14.5. The van der Waals surface area contributed by atoms with E-state index in [2.05, 4.69) is 18.3 Å². The van der Waals surface area contributed by atoms with Gasteiger partial charge in [-0.25, -0.2) is 0 Å². The van der Waals surface area contributed by atoms with Gasteiger partial charge in [0, 0.05) is 13.1 Å². The van der Waals surface area contributed by atoms with Crippen LogP contribution >= 0.6 is 0 Å². The van der Waals surface area contributed by atoms with Gasteiger partial charge < -0.3 is 15.0 Å². The smallest absolute Gasteiger partial charge is 0.227 e. The average Bonchev–Trinajstić information content (AvgIpc) is 3.02. The zero-order valence-corrected chi connectivity index (χ0v) is 12.6. The maximum Gasteiger partial charge on any atom is 0.227 e. The Morgan fingerprint density at radius 3 is 2.95 bits per heavy atom. The summed E-state index contributed by atoms with van der Waals surface area (Å²) < 4.78 is 5.27. The largest absolute Gasteiger partial charge is 0.497 e. The Morgan fingerprint density at radius 1 is 1.55 bits per heavy atom. The second kappa shape index (κ2) is 6.75. The van der Waals surface area contributed by atoms with Crippen molar-refractivity contribution in [3.8, 4) is 5.75 Å². The number of methoxy groups -OCH3 is 1. The van der Waals surface area contributed by atoms with E-state index in [1.165, 1.54) is 0 Å². The first kappa shape index (κ1) is 14.9. The van der Waals surface area contributed by atoms with Crippen LogP contribution in [0.4, 0.5) is 0 Å². The topological polar surface area (TPSA) is 41.6 Å². The predicted molar refractivity (Wildman–Crippen MR) is 79.8 cm³/mol. The minimum Gasteiger partial charge on any atom is -0.497 e. The summed E-state index contributed by atoms with van der Waals surface area (Å²) in [6.45, 7) is 6.60. The van der Waals surface area contributed by atoms with Gasteiger partial charge in [-0.05, 0) is 44.5 Å². The molecule has 1 aromatic rings. The van der Waals surface area contributed by atoms with E-state index in [1.807, 2.05) is 30.0 Å². The minimum atomic E-state index is 0.0724. The SMILES string of the molecule is CCN(C(=O)C1CCNC1)C(C)c1cccc(OC)c1. The molecule has 0 aromatic heterocycles. The molecule has 1 amide bonds. The van der Waals surface area contributed by atoms with E-state index in [4.69, 9.17) is 4.74 Å². The summed E-state index contributed by atoms with van der Waals surface area (Å²) >= 11 is 0. The Hall–Kier alpha value is -1.55. The summed E-state index contributed by atoms with van der Waals surface area (Å²) in [5.41, 5.74) is 1.12. The average molecular weight is 276 g/mol. The lowest BCUT2D eigenvalue weighted by molar-refractivity contribution is -0.136. The fraction of sp³-hybridized carbons (Fsp3) is 0.562. The van der Waals surface area contributed by atoms with Crippen molar-refractivity contribution in [2.45, 2.75) is 26.3 Å². The molecule has 2 rings (SSSR count). The van der Waals surface area contributed by atoms with Crippen molar-refractivity contribution < 1.29 is 9.53 Å². The normalized spacial score (nSPS) is 19.6. The zero-order valence-electron chi connectivity index (χ0n) is 12.6. The quantitative estimate of drug-likeness (QED) is 0.896. The highest BCUT2D eigenvalue weighted by molar-refractivity contribution is 5.79. The number of nitrogens with zero attached hydrogens (tertiary/aromatic N) is 1. The predicted octanol–water partition coefficient (Wildman–Crippen LogP) is 2.21. The number of nitrogens with one attached hydrogen (secondary N) is 1. The highest BCUT2D eigenvalue weighted by atomic mass is 16.5. The summed E-state index contributed by atoms with van der Waals surface area (Å²) in [5.74, 6) is 1.22.